The molecule has 1 aliphatic heterocycles. The maximum atomic E-state index is 5.97. The van der Waals surface area contributed by atoms with Crippen LogP contribution in [-0.4, -0.2) is 12.6 Å². The summed E-state index contributed by atoms with van der Waals surface area (Å²) in [5, 5.41) is 0. The van der Waals surface area contributed by atoms with Crippen LogP contribution in [0.1, 0.15) is 5.56 Å². The van der Waals surface area contributed by atoms with E-state index in [4.69, 9.17) is 10.5 Å². The second kappa shape index (κ2) is 4.22. The molecular formula is C15H15NO. The van der Waals surface area contributed by atoms with Crippen molar-refractivity contribution in [2.75, 3.05) is 6.61 Å². The van der Waals surface area contributed by atoms with Crippen LogP contribution < -0.4 is 10.5 Å². The Bertz CT molecular complexity index is 522. The molecule has 0 aliphatic carbocycles. The van der Waals surface area contributed by atoms with Gasteiger partial charge >= 0.3 is 0 Å². The number of nitrogens with two attached hydrogens (primary N) is 1. The molecule has 3 rings (SSSR count). The average Bonchev–Trinajstić information content (AvgIpc) is 2.39. The molecule has 0 aromatic heterocycles. The highest BCUT2D eigenvalue weighted by molar-refractivity contribution is 5.70. The van der Waals surface area contributed by atoms with Gasteiger partial charge in [0.25, 0.3) is 0 Å². The zero-order valence-electron chi connectivity index (χ0n) is 9.60. The molecule has 0 bridgehead atoms. The van der Waals surface area contributed by atoms with Gasteiger partial charge < -0.3 is 10.5 Å². The summed E-state index contributed by atoms with van der Waals surface area (Å²) in [7, 11) is 0. The zero-order chi connectivity index (χ0) is 11.7. The molecule has 2 aromatic carbocycles. The third-order valence-electron chi connectivity index (χ3n) is 3.14. The van der Waals surface area contributed by atoms with Crippen molar-refractivity contribution in [3.05, 3.63) is 54.1 Å². The van der Waals surface area contributed by atoms with Gasteiger partial charge in [-0.15, -0.1) is 0 Å². The van der Waals surface area contributed by atoms with Crippen LogP contribution in [0.15, 0.2) is 48.5 Å². The topological polar surface area (TPSA) is 35.2 Å². The Balaban J connectivity index is 2.12. The molecule has 2 heteroatoms. The van der Waals surface area contributed by atoms with Crippen molar-refractivity contribution in [2.24, 2.45) is 5.73 Å². The minimum Gasteiger partial charge on any atom is -0.492 e. The summed E-state index contributed by atoms with van der Waals surface area (Å²) in [4.78, 5) is 0. The Kier molecular flexibility index (Phi) is 2.57. The molecule has 86 valence electrons. The lowest BCUT2D eigenvalue weighted by atomic mass is 9.93. The predicted molar refractivity (Wildman–Crippen MR) is 69.1 cm³/mol. The predicted octanol–water partition coefficient (Wildman–Crippen LogP) is 2.62. The van der Waals surface area contributed by atoms with Crippen molar-refractivity contribution in [2.45, 2.75) is 12.5 Å². The van der Waals surface area contributed by atoms with Crippen LogP contribution >= 0.6 is 0 Å². The Morgan fingerprint density at radius 2 is 1.82 bits per heavy atom. The van der Waals surface area contributed by atoms with E-state index in [1.807, 2.05) is 18.2 Å². The Labute approximate surface area is 101 Å². The molecule has 0 spiro atoms. The number of fused-ring (bicyclic) bond motifs is 1. The molecule has 0 radical (unpaired) electrons. The van der Waals surface area contributed by atoms with Gasteiger partial charge in [0, 0.05) is 11.6 Å². The molecule has 2 nitrogen and oxygen atoms in total. The van der Waals surface area contributed by atoms with E-state index in [9.17, 15) is 0 Å². The highest BCUT2D eigenvalue weighted by Gasteiger charge is 2.19. The molecule has 0 fully saturated rings. The smallest absolute Gasteiger partial charge is 0.123 e. The molecule has 0 saturated heterocycles. The summed E-state index contributed by atoms with van der Waals surface area (Å²) < 4.78 is 5.67. The van der Waals surface area contributed by atoms with E-state index in [-0.39, 0.29) is 6.04 Å². The van der Waals surface area contributed by atoms with Gasteiger partial charge in [-0.1, -0.05) is 42.5 Å². The molecule has 1 aliphatic rings. The van der Waals surface area contributed by atoms with Crippen LogP contribution in [0.4, 0.5) is 0 Å². The highest BCUT2D eigenvalue weighted by Crippen LogP contribution is 2.33. The van der Waals surface area contributed by atoms with Crippen LogP contribution in [0.5, 0.6) is 5.75 Å². The molecule has 0 unspecified atom stereocenters. The SMILES string of the molecule is N[C@H]1COc2cccc(-c3ccccc3)c2C1. The Morgan fingerprint density at radius 3 is 2.65 bits per heavy atom. The van der Waals surface area contributed by atoms with Crippen molar-refractivity contribution < 1.29 is 4.74 Å². The van der Waals surface area contributed by atoms with Gasteiger partial charge in [0.15, 0.2) is 0 Å². The van der Waals surface area contributed by atoms with Gasteiger partial charge in [0.05, 0.1) is 0 Å². The standard InChI is InChI=1S/C15H15NO/c16-12-9-14-13(11-5-2-1-3-6-11)7-4-8-15(14)17-10-12/h1-8,12H,9-10,16H2/t12-/m1/s1. The summed E-state index contributed by atoms with van der Waals surface area (Å²) in [6, 6.07) is 16.7. The molecule has 0 amide bonds. The van der Waals surface area contributed by atoms with E-state index < -0.39 is 0 Å². The first-order valence-electron chi connectivity index (χ1n) is 5.90. The fraction of sp³-hybridized carbons (Fsp3) is 0.200. The maximum absolute atomic E-state index is 5.97. The van der Waals surface area contributed by atoms with Gasteiger partial charge in [-0.2, -0.15) is 0 Å². The van der Waals surface area contributed by atoms with E-state index in [2.05, 4.69) is 30.3 Å². The van der Waals surface area contributed by atoms with Crippen LogP contribution in [0.3, 0.4) is 0 Å². The first-order valence-corrected chi connectivity index (χ1v) is 5.90. The van der Waals surface area contributed by atoms with Crippen molar-refractivity contribution >= 4 is 0 Å². The summed E-state index contributed by atoms with van der Waals surface area (Å²) >= 11 is 0. The van der Waals surface area contributed by atoms with Crippen LogP contribution in [0.25, 0.3) is 11.1 Å². The fourth-order valence-corrected chi connectivity index (χ4v) is 2.32. The van der Waals surface area contributed by atoms with Gasteiger partial charge in [0.2, 0.25) is 0 Å². The lowest BCUT2D eigenvalue weighted by Gasteiger charge is -2.24. The molecule has 0 saturated carbocycles. The molecule has 17 heavy (non-hydrogen) atoms. The molecule has 1 heterocycles. The molecule has 1 atom stereocenters. The second-order valence-electron chi connectivity index (χ2n) is 4.42. The average molecular weight is 225 g/mol. The van der Waals surface area contributed by atoms with Crippen LogP contribution in [0.2, 0.25) is 0 Å². The Morgan fingerprint density at radius 1 is 1.00 bits per heavy atom. The lowest BCUT2D eigenvalue weighted by molar-refractivity contribution is 0.264. The number of rotatable bonds is 1. The van der Waals surface area contributed by atoms with Crippen LogP contribution in [-0.2, 0) is 6.42 Å². The largest absolute Gasteiger partial charge is 0.492 e. The monoisotopic (exact) mass is 225 g/mol. The minimum atomic E-state index is 0.104. The normalized spacial score (nSPS) is 18.3. The number of hydrogen-bond donors (Lipinski definition) is 1. The fourth-order valence-electron chi connectivity index (χ4n) is 2.32. The van der Waals surface area contributed by atoms with Gasteiger partial charge in [0.1, 0.15) is 12.4 Å². The summed E-state index contributed by atoms with van der Waals surface area (Å²) in [5.74, 6) is 0.980. The zero-order valence-corrected chi connectivity index (χ0v) is 9.60. The molecular weight excluding hydrogens is 210 g/mol. The van der Waals surface area contributed by atoms with Crippen molar-refractivity contribution in [1.29, 1.82) is 0 Å². The van der Waals surface area contributed by atoms with Crippen molar-refractivity contribution in [3.63, 3.8) is 0 Å². The summed E-state index contributed by atoms with van der Waals surface area (Å²) in [6.07, 6.45) is 0.889. The highest BCUT2D eigenvalue weighted by atomic mass is 16.5. The number of benzene rings is 2. The maximum Gasteiger partial charge on any atom is 0.123 e. The van der Waals surface area contributed by atoms with E-state index in [0.29, 0.717) is 6.61 Å². The van der Waals surface area contributed by atoms with E-state index in [1.54, 1.807) is 0 Å². The third-order valence-corrected chi connectivity index (χ3v) is 3.14. The Hall–Kier alpha value is -1.80. The number of ether oxygens (including phenoxy) is 1. The first kappa shape index (κ1) is 10.4. The minimum absolute atomic E-state index is 0.104. The molecule has 2 aromatic rings. The molecule has 2 N–H and O–H groups in total. The van der Waals surface area contributed by atoms with Crippen molar-refractivity contribution in [3.8, 4) is 16.9 Å². The van der Waals surface area contributed by atoms with E-state index in [0.717, 1.165) is 12.2 Å². The summed E-state index contributed by atoms with van der Waals surface area (Å²) in [6.45, 7) is 0.616. The quantitative estimate of drug-likeness (QED) is 0.809. The summed E-state index contributed by atoms with van der Waals surface area (Å²) in [5.41, 5.74) is 9.66. The second-order valence-corrected chi connectivity index (χ2v) is 4.42. The van der Waals surface area contributed by atoms with Gasteiger partial charge in [-0.25, -0.2) is 0 Å². The van der Waals surface area contributed by atoms with Crippen molar-refractivity contribution in [1.82, 2.24) is 0 Å². The van der Waals surface area contributed by atoms with Gasteiger partial charge in [-0.05, 0) is 23.6 Å². The van der Waals surface area contributed by atoms with E-state index >= 15 is 0 Å². The van der Waals surface area contributed by atoms with Gasteiger partial charge in [-0.3, -0.25) is 0 Å². The third kappa shape index (κ3) is 1.92. The van der Waals surface area contributed by atoms with E-state index in [1.165, 1.54) is 16.7 Å². The first-order chi connectivity index (χ1) is 8.34. The lowest BCUT2D eigenvalue weighted by Crippen LogP contribution is -2.34. The number of hydrogen-bond acceptors (Lipinski definition) is 2. The van der Waals surface area contributed by atoms with Crippen LogP contribution in [0, 0.1) is 0 Å².